The number of amides is 1. The summed E-state index contributed by atoms with van der Waals surface area (Å²) in [5.41, 5.74) is 5.12. The lowest BCUT2D eigenvalue weighted by molar-refractivity contribution is 0.0986. The fourth-order valence-corrected chi connectivity index (χ4v) is 4.80. The molecule has 0 bridgehead atoms. The number of carbonyl (C=O) groups is 1. The van der Waals surface area contributed by atoms with Crippen LogP contribution in [-0.4, -0.2) is 27.0 Å². The molecular formula is C24H26N4OS. The Hall–Kier alpha value is -2.99. The second-order valence-electron chi connectivity index (χ2n) is 7.60. The van der Waals surface area contributed by atoms with Crippen molar-refractivity contribution < 1.29 is 4.79 Å². The minimum Gasteiger partial charge on any atom is -0.337 e. The van der Waals surface area contributed by atoms with Crippen molar-refractivity contribution in [1.29, 1.82) is 0 Å². The fourth-order valence-electron chi connectivity index (χ4n) is 3.76. The van der Waals surface area contributed by atoms with Gasteiger partial charge in [0.1, 0.15) is 0 Å². The summed E-state index contributed by atoms with van der Waals surface area (Å²) in [6.45, 7) is 7.60. The van der Waals surface area contributed by atoms with Gasteiger partial charge < -0.3 is 4.57 Å². The topological polar surface area (TPSA) is 51.0 Å². The van der Waals surface area contributed by atoms with Gasteiger partial charge in [0.05, 0.1) is 16.5 Å². The summed E-state index contributed by atoms with van der Waals surface area (Å²) >= 11 is 1.59. The summed E-state index contributed by atoms with van der Waals surface area (Å²) in [4.78, 5) is 24.4. The Labute approximate surface area is 181 Å². The maximum Gasteiger partial charge on any atom is 0.260 e. The lowest BCUT2D eigenvalue weighted by Gasteiger charge is -2.20. The summed E-state index contributed by atoms with van der Waals surface area (Å²) in [7, 11) is 0. The summed E-state index contributed by atoms with van der Waals surface area (Å²) in [5.74, 6) is 0.00420. The standard InChI is InChI=1S/C24H26N4OS/c1-4-19-7-5-8-21-22(19)26-24(30-21)28(11-6-10-27-12-9-25-16-27)23(29)20-14-17(2)13-18(3)15-20/h5,7-9,12-16H,4,6,10-11H2,1-3H3. The number of thiazole rings is 1. The number of hydrogen-bond donors (Lipinski definition) is 0. The van der Waals surface area contributed by atoms with Gasteiger partial charge >= 0.3 is 0 Å². The maximum absolute atomic E-state index is 13.5. The zero-order chi connectivity index (χ0) is 21.1. The van der Waals surface area contributed by atoms with Crippen molar-refractivity contribution in [2.75, 3.05) is 11.4 Å². The molecule has 0 spiro atoms. The van der Waals surface area contributed by atoms with Crippen molar-refractivity contribution in [2.24, 2.45) is 0 Å². The quantitative estimate of drug-likeness (QED) is 0.403. The van der Waals surface area contributed by atoms with Crippen LogP contribution in [0, 0.1) is 13.8 Å². The number of anilines is 1. The third-order valence-corrected chi connectivity index (χ3v) is 6.22. The third kappa shape index (κ3) is 4.28. The molecule has 1 amide bonds. The molecule has 2 aromatic carbocycles. The molecule has 154 valence electrons. The predicted molar refractivity (Wildman–Crippen MR) is 123 cm³/mol. The molecule has 2 heterocycles. The van der Waals surface area contributed by atoms with E-state index in [0.29, 0.717) is 12.1 Å². The third-order valence-electron chi connectivity index (χ3n) is 5.17. The number of imidazole rings is 1. The Morgan fingerprint density at radius 1 is 1.17 bits per heavy atom. The van der Waals surface area contributed by atoms with E-state index in [-0.39, 0.29) is 5.91 Å². The molecule has 0 saturated heterocycles. The second-order valence-corrected chi connectivity index (χ2v) is 8.61. The van der Waals surface area contributed by atoms with E-state index in [1.54, 1.807) is 23.9 Å². The lowest BCUT2D eigenvalue weighted by atomic mass is 10.1. The van der Waals surface area contributed by atoms with Crippen molar-refractivity contribution in [3.05, 3.63) is 77.4 Å². The summed E-state index contributed by atoms with van der Waals surface area (Å²) in [6, 6.07) is 12.3. The molecule has 2 aromatic heterocycles. The Kier molecular flexibility index (Phi) is 5.95. The van der Waals surface area contributed by atoms with Gasteiger partial charge in [0.15, 0.2) is 5.13 Å². The van der Waals surface area contributed by atoms with Crippen molar-refractivity contribution in [2.45, 2.75) is 40.2 Å². The molecule has 0 aliphatic heterocycles. The van der Waals surface area contributed by atoms with Crippen LogP contribution < -0.4 is 4.90 Å². The average molecular weight is 419 g/mol. The molecule has 30 heavy (non-hydrogen) atoms. The molecule has 0 unspecified atom stereocenters. The number of fused-ring (bicyclic) bond motifs is 1. The first-order valence-electron chi connectivity index (χ1n) is 10.3. The number of rotatable bonds is 7. The summed E-state index contributed by atoms with van der Waals surface area (Å²) in [6.07, 6.45) is 7.27. The Bertz CT molecular complexity index is 1140. The van der Waals surface area contributed by atoms with Crippen LogP contribution in [-0.2, 0) is 13.0 Å². The average Bonchev–Trinajstić information content (AvgIpc) is 3.39. The van der Waals surface area contributed by atoms with Gasteiger partial charge in [0.25, 0.3) is 5.91 Å². The highest BCUT2D eigenvalue weighted by Crippen LogP contribution is 2.32. The van der Waals surface area contributed by atoms with Crippen LogP contribution in [0.3, 0.4) is 0 Å². The fraction of sp³-hybridized carbons (Fsp3) is 0.292. The molecule has 0 atom stereocenters. The first-order chi connectivity index (χ1) is 14.5. The van der Waals surface area contributed by atoms with Crippen LogP contribution >= 0.6 is 11.3 Å². The number of aromatic nitrogens is 3. The van der Waals surface area contributed by atoms with Crippen molar-refractivity contribution in [1.82, 2.24) is 14.5 Å². The van der Waals surface area contributed by atoms with Gasteiger partial charge in [-0.1, -0.05) is 47.6 Å². The molecular weight excluding hydrogens is 392 g/mol. The zero-order valence-electron chi connectivity index (χ0n) is 17.6. The number of benzene rings is 2. The van der Waals surface area contributed by atoms with Crippen molar-refractivity contribution in [3.8, 4) is 0 Å². The smallest absolute Gasteiger partial charge is 0.260 e. The minimum absolute atomic E-state index is 0.00420. The molecule has 6 heteroatoms. The largest absolute Gasteiger partial charge is 0.337 e. The van der Waals surface area contributed by atoms with Crippen LogP contribution in [0.4, 0.5) is 5.13 Å². The number of nitrogens with zero attached hydrogens (tertiary/aromatic N) is 4. The number of para-hydroxylation sites is 1. The SMILES string of the molecule is CCc1cccc2sc(N(CCCn3ccnc3)C(=O)c3cc(C)cc(C)c3)nc12. The number of hydrogen-bond acceptors (Lipinski definition) is 4. The van der Waals surface area contributed by atoms with Gasteiger partial charge in [0.2, 0.25) is 0 Å². The normalized spacial score (nSPS) is 11.2. The lowest BCUT2D eigenvalue weighted by Crippen LogP contribution is -2.32. The Morgan fingerprint density at radius 3 is 2.67 bits per heavy atom. The van der Waals surface area contributed by atoms with Gasteiger partial charge in [0, 0.05) is 31.0 Å². The molecule has 0 aliphatic rings. The Balaban J connectivity index is 1.68. The van der Waals surface area contributed by atoms with E-state index in [1.165, 1.54) is 5.56 Å². The van der Waals surface area contributed by atoms with Gasteiger partial charge in [-0.3, -0.25) is 9.69 Å². The van der Waals surface area contributed by atoms with E-state index in [9.17, 15) is 4.79 Å². The van der Waals surface area contributed by atoms with Crippen LogP contribution in [0.25, 0.3) is 10.2 Å². The zero-order valence-corrected chi connectivity index (χ0v) is 18.4. The molecule has 0 saturated carbocycles. The monoisotopic (exact) mass is 418 g/mol. The van der Waals surface area contributed by atoms with Gasteiger partial charge in [-0.25, -0.2) is 9.97 Å². The highest BCUT2D eigenvalue weighted by Gasteiger charge is 2.22. The maximum atomic E-state index is 13.5. The molecule has 0 aliphatic carbocycles. The highest BCUT2D eigenvalue weighted by atomic mass is 32.1. The first-order valence-corrected chi connectivity index (χ1v) is 11.1. The van der Waals surface area contributed by atoms with Gasteiger partial charge in [-0.2, -0.15) is 0 Å². The first kappa shape index (κ1) is 20.3. The van der Waals surface area contributed by atoms with Crippen LogP contribution in [0.15, 0.2) is 55.1 Å². The van der Waals surface area contributed by atoms with E-state index in [0.717, 1.165) is 45.9 Å². The predicted octanol–water partition coefficient (Wildman–Crippen LogP) is 5.41. The van der Waals surface area contributed by atoms with E-state index >= 15 is 0 Å². The number of carbonyl (C=O) groups excluding carboxylic acids is 1. The molecule has 4 aromatic rings. The Morgan fingerprint density at radius 2 is 1.97 bits per heavy atom. The molecule has 0 N–H and O–H groups in total. The second kappa shape index (κ2) is 8.79. The van der Waals surface area contributed by atoms with Gasteiger partial charge in [-0.05, 0) is 50.5 Å². The van der Waals surface area contributed by atoms with Crippen LogP contribution in [0.5, 0.6) is 0 Å². The molecule has 5 nitrogen and oxygen atoms in total. The summed E-state index contributed by atoms with van der Waals surface area (Å²) in [5, 5.41) is 0.765. The minimum atomic E-state index is 0.00420. The number of aryl methyl sites for hydroxylation is 4. The molecule has 0 radical (unpaired) electrons. The van der Waals surface area contributed by atoms with E-state index in [2.05, 4.69) is 36.2 Å². The van der Waals surface area contributed by atoms with E-state index < -0.39 is 0 Å². The highest BCUT2D eigenvalue weighted by molar-refractivity contribution is 7.22. The van der Waals surface area contributed by atoms with Crippen molar-refractivity contribution >= 4 is 32.6 Å². The van der Waals surface area contributed by atoms with Crippen LogP contribution in [0.1, 0.15) is 40.4 Å². The van der Waals surface area contributed by atoms with E-state index in [1.807, 2.05) is 41.6 Å². The van der Waals surface area contributed by atoms with Crippen molar-refractivity contribution in [3.63, 3.8) is 0 Å². The molecule has 4 rings (SSSR count). The van der Waals surface area contributed by atoms with Crippen LogP contribution in [0.2, 0.25) is 0 Å². The summed E-state index contributed by atoms with van der Waals surface area (Å²) < 4.78 is 3.16. The molecule has 0 fully saturated rings. The van der Waals surface area contributed by atoms with Gasteiger partial charge in [-0.15, -0.1) is 0 Å². The van der Waals surface area contributed by atoms with E-state index in [4.69, 9.17) is 4.98 Å².